The van der Waals surface area contributed by atoms with E-state index in [0.29, 0.717) is 5.92 Å². The monoisotopic (exact) mass is 275 g/mol. The predicted octanol–water partition coefficient (Wildman–Crippen LogP) is 4.00. The number of ether oxygens (including phenoxy) is 1. The summed E-state index contributed by atoms with van der Waals surface area (Å²) in [5.41, 5.74) is 1.67. The molecule has 0 bridgehead atoms. The summed E-state index contributed by atoms with van der Waals surface area (Å²) in [6, 6.07) is 8.55. The molecule has 0 aliphatic heterocycles. The lowest BCUT2D eigenvalue weighted by Gasteiger charge is -2.49. The van der Waals surface area contributed by atoms with Gasteiger partial charge in [0.25, 0.3) is 0 Å². The van der Waals surface area contributed by atoms with E-state index in [9.17, 15) is 0 Å². The average Bonchev–Trinajstić information content (AvgIpc) is 2.41. The van der Waals surface area contributed by atoms with Crippen molar-refractivity contribution < 1.29 is 4.74 Å². The molecule has 1 aliphatic carbocycles. The van der Waals surface area contributed by atoms with Crippen molar-refractivity contribution in [3.8, 4) is 5.75 Å². The van der Waals surface area contributed by atoms with E-state index >= 15 is 0 Å². The molecule has 2 nitrogen and oxygen atoms in total. The van der Waals surface area contributed by atoms with Gasteiger partial charge in [-0.15, -0.1) is 0 Å². The van der Waals surface area contributed by atoms with Crippen LogP contribution in [0.5, 0.6) is 5.75 Å². The molecule has 0 radical (unpaired) electrons. The van der Waals surface area contributed by atoms with Crippen molar-refractivity contribution in [3.63, 3.8) is 0 Å². The van der Waals surface area contributed by atoms with Gasteiger partial charge in [-0.3, -0.25) is 0 Å². The third kappa shape index (κ3) is 3.17. The van der Waals surface area contributed by atoms with E-state index in [1.807, 2.05) is 0 Å². The molecule has 0 aromatic heterocycles. The zero-order chi connectivity index (χ0) is 14.6. The quantitative estimate of drug-likeness (QED) is 0.812. The van der Waals surface area contributed by atoms with Crippen molar-refractivity contribution >= 4 is 0 Å². The first kappa shape index (κ1) is 15.4. The van der Waals surface area contributed by atoms with Crippen molar-refractivity contribution in [2.24, 2.45) is 11.8 Å². The second kappa shape index (κ2) is 6.62. The van der Waals surface area contributed by atoms with Gasteiger partial charge in [0.05, 0.1) is 7.11 Å². The molecule has 112 valence electrons. The zero-order valence-corrected chi connectivity index (χ0v) is 13.4. The van der Waals surface area contributed by atoms with Crippen LogP contribution in [0.4, 0.5) is 0 Å². The molecule has 1 fully saturated rings. The molecule has 0 heterocycles. The van der Waals surface area contributed by atoms with E-state index in [-0.39, 0.29) is 5.41 Å². The molecule has 0 amide bonds. The van der Waals surface area contributed by atoms with Gasteiger partial charge in [0.15, 0.2) is 0 Å². The largest absolute Gasteiger partial charge is 0.496 e. The van der Waals surface area contributed by atoms with Gasteiger partial charge in [-0.25, -0.2) is 0 Å². The molecule has 0 spiro atoms. The van der Waals surface area contributed by atoms with Gasteiger partial charge in [-0.1, -0.05) is 45.4 Å². The summed E-state index contributed by atoms with van der Waals surface area (Å²) >= 11 is 0. The Kier molecular flexibility index (Phi) is 5.09. The standard InChI is InChI=1S/C18H29NO/c1-5-15-10-18(11-15,13-19-12-14(2)3)16-8-6-7-9-17(16)20-4/h6-9,14-15,19H,5,10-13H2,1-4H3. The van der Waals surface area contributed by atoms with Crippen LogP contribution >= 0.6 is 0 Å². The lowest BCUT2D eigenvalue weighted by atomic mass is 9.57. The van der Waals surface area contributed by atoms with Crippen LogP contribution in [0.3, 0.4) is 0 Å². The minimum atomic E-state index is 0.280. The lowest BCUT2D eigenvalue weighted by Crippen LogP contribution is -2.49. The molecule has 1 aromatic rings. The molecule has 1 aliphatic rings. The van der Waals surface area contributed by atoms with Crippen LogP contribution in [0.2, 0.25) is 0 Å². The highest BCUT2D eigenvalue weighted by molar-refractivity contribution is 5.42. The summed E-state index contributed by atoms with van der Waals surface area (Å²) in [5, 5.41) is 3.67. The van der Waals surface area contributed by atoms with Crippen LogP contribution in [0.1, 0.15) is 45.6 Å². The van der Waals surface area contributed by atoms with Gasteiger partial charge in [0.1, 0.15) is 5.75 Å². The predicted molar refractivity (Wildman–Crippen MR) is 85.4 cm³/mol. The molecule has 1 saturated carbocycles. The summed E-state index contributed by atoms with van der Waals surface area (Å²) in [6.45, 7) is 8.99. The summed E-state index contributed by atoms with van der Waals surface area (Å²) in [7, 11) is 1.78. The second-order valence-corrected chi connectivity index (χ2v) is 6.69. The van der Waals surface area contributed by atoms with E-state index in [1.54, 1.807) is 7.11 Å². The van der Waals surface area contributed by atoms with Crippen LogP contribution in [-0.2, 0) is 5.41 Å². The summed E-state index contributed by atoms with van der Waals surface area (Å²) in [4.78, 5) is 0. The normalized spacial score (nSPS) is 25.6. The smallest absolute Gasteiger partial charge is 0.122 e. The highest BCUT2D eigenvalue weighted by Crippen LogP contribution is 2.51. The molecule has 2 heteroatoms. The Morgan fingerprint density at radius 3 is 2.60 bits per heavy atom. The molecule has 20 heavy (non-hydrogen) atoms. The average molecular weight is 275 g/mol. The zero-order valence-electron chi connectivity index (χ0n) is 13.4. The Balaban J connectivity index is 2.15. The molecule has 1 N–H and O–H groups in total. The number of rotatable bonds is 7. The van der Waals surface area contributed by atoms with Crippen LogP contribution in [0.15, 0.2) is 24.3 Å². The third-order valence-electron chi connectivity index (χ3n) is 4.63. The van der Waals surface area contributed by atoms with Crippen molar-refractivity contribution in [2.75, 3.05) is 20.2 Å². The topological polar surface area (TPSA) is 21.3 Å². The van der Waals surface area contributed by atoms with E-state index in [4.69, 9.17) is 4.74 Å². The van der Waals surface area contributed by atoms with Gasteiger partial charge in [-0.2, -0.15) is 0 Å². The summed E-state index contributed by atoms with van der Waals surface area (Å²) in [6.07, 6.45) is 3.87. The molecule has 2 rings (SSSR count). The van der Waals surface area contributed by atoms with Crippen molar-refractivity contribution in [2.45, 2.75) is 45.4 Å². The molecule has 0 atom stereocenters. The summed E-state index contributed by atoms with van der Waals surface area (Å²) < 4.78 is 5.60. The fraction of sp³-hybridized carbons (Fsp3) is 0.667. The fourth-order valence-electron chi connectivity index (χ4n) is 3.48. The molecule has 1 aromatic carbocycles. The Morgan fingerprint density at radius 1 is 1.30 bits per heavy atom. The van der Waals surface area contributed by atoms with Crippen LogP contribution in [0.25, 0.3) is 0 Å². The Labute approximate surface area is 123 Å². The number of hydrogen-bond donors (Lipinski definition) is 1. The third-order valence-corrected chi connectivity index (χ3v) is 4.63. The van der Waals surface area contributed by atoms with E-state index in [0.717, 1.165) is 24.8 Å². The second-order valence-electron chi connectivity index (χ2n) is 6.69. The van der Waals surface area contributed by atoms with Crippen molar-refractivity contribution in [3.05, 3.63) is 29.8 Å². The van der Waals surface area contributed by atoms with Crippen LogP contribution in [-0.4, -0.2) is 20.2 Å². The fourth-order valence-corrected chi connectivity index (χ4v) is 3.48. The van der Waals surface area contributed by atoms with Gasteiger partial charge < -0.3 is 10.1 Å². The Hall–Kier alpha value is -1.02. The van der Waals surface area contributed by atoms with Gasteiger partial charge in [0.2, 0.25) is 0 Å². The number of methoxy groups -OCH3 is 1. The molecular weight excluding hydrogens is 246 g/mol. The van der Waals surface area contributed by atoms with Crippen LogP contribution < -0.4 is 10.1 Å². The first-order valence-electron chi connectivity index (χ1n) is 7.95. The van der Waals surface area contributed by atoms with E-state index in [1.165, 1.54) is 24.8 Å². The molecular formula is C18H29NO. The van der Waals surface area contributed by atoms with E-state index < -0.39 is 0 Å². The van der Waals surface area contributed by atoms with Gasteiger partial charge in [-0.05, 0) is 37.3 Å². The lowest BCUT2D eigenvalue weighted by molar-refractivity contribution is 0.129. The highest BCUT2D eigenvalue weighted by atomic mass is 16.5. The van der Waals surface area contributed by atoms with Crippen LogP contribution in [0, 0.1) is 11.8 Å². The van der Waals surface area contributed by atoms with Crippen molar-refractivity contribution in [1.29, 1.82) is 0 Å². The minimum absolute atomic E-state index is 0.280. The first-order valence-corrected chi connectivity index (χ1v) is 7.95. The maximum Gasteiger partial charge on any atom is 0.122 e. The molecule has 0 saturated heterocycles. The highest BCUT2D eigenvalue weighted by Gasteiger charge is 2.45. The van der Waals surface area contributed by atoms with Gasteiger partial charge >= 0.3 is 0 Å². The van der Waals surface area contributed by atoms with E-state index in [2.05, 4.69) is 50.4 Å². The number of benzene rings is 1. The maximum absolute atomic E-state index is 5.60. The number of hydrogen-bond acceptors (Lipinski definition) is 2. The van der Waals surface area contributed by atoms with Crippen molar-refractivity contribution in [1.82, 2.24) is 5.32 Å². The first-order chi connectivity index (χ1) is 9.61. The molecule has 0 unspecified atom stereocenters. The number of para-hydroxylation sites is 1. The number of nitrogens with one attached hydrogen (secondary N) is 1. The minimum Gasteiger partial charge on any atom is -0.496 e. The maximum atomic E-state index is 5.60. The summed E-state index contributed by atoms with van der Waals surface area (Å²) in [5.74, 6) is 2.63. The SMILES string of the molecule is CCC1CC(CNCC(C)C)(c2ccccc2OC)C1. The van der Waals surface area contributed by atoms with Gasteiger partial charge in [0, 0.05) is 17.5 Å². The Bertz CT molecular complexity index is 421. The Morgan fingerprint density at radius 2 is 2.00 bits per heavy atom.